The molecule has 3 rings (SSSR count). The molecule has 0 aliphatic carbocycles. The molecule has 0 aliphatic rings. The molecule has 0 aliphatic heterocycles. The van der Waals surface area contributed by atoms with E-state index in [0.29, 0.717) is 6.42 Å². The molecule has 222 valence electrons. The molecular formula is C31H39FN2O7. The normalized spacial score (nSPS) is 11.8. The lowest BCUT2D eigenvalue weighted by Crippen LogP contribution is -2.41. The monoisotopic (exact) mass is 570 g/mol. The van der Waals surface area contributed by atoms with Crippen molar-refractivity contribution in [1.29, 1.82) is 0 Å². The average molecular weight is 571 g/mol. The van der Waals surface area contributed by atoms with Crippen LogP contribution in [0.25, 0.3) is 0 Å². The third-order valence-electron chi connectivity index (χ3n) is 5.57. The summed E-state index contributed by atoms with van der Waals surface area (Å²) in [5.74, 6) is -1.99. The lowest BCUT2D eigenvalue weighted by atomic mass is 10.1. The first kappa shape index (κ1) is 32.7. The quantitative estimate of drug-likeness (QED) is 0.244. The van der Waals surface area contributed by atoms with Crippen LogP contribution in [-0.4, -0.2) is 48.9 Å². The van der Waals surface area contributed by atoms with Gasteiger partial charge < -0.3 is 24.3 Å². The zero-order valence-corrected chi connectivity index (χ0v) is 24.2. The van der Waals surface area contributed by atoms with E-state index in [9.17, 15) is 18.8 Å². The van der Waals surface area contributed by atoms with E-state index in [0.717, 1.165) is 11.1 Å². The number of amides is 1. The lowest BCUT2D eigenvalue weighted by Gasteiger charge is -2.19. The van der Waals surface area contributed by atoms with Crippen molar-refractivity contribution in [2.24, 2.45) is 5.92 Å². The standard InChI is InChI=1S/C24H30N2O7.C7H7F.H2/c1-15(2)23(28)32-14-31-21-19(30-5)11-12-25-20(21)22(27)26-17(4)24(29)33-16(3)13-18-9-7-6-8-10-18;1-6-2-4-7(8)5-3-6;/h6-12,15-17H,13-14H2,1-5H3,(H,26,27);2-5H,1H3;1H/t16-,17-;;/m0../s1. The first-order valence-electron chi connectivity index (χ1n) is 13.1. The number of hydrogen-bond acceptors (Lipinski definition) is 8. The SMILES string of the molecule is COc1ccnc(C(=O)N[C@@H](C)C(=O)O[C@@H](C)Cc2ccccc2)c1OCOC(=O)C(C)C.Cc1ccc(F)cc1.[HH]. The second kappa shape index (κ2) is 16.6. The fourth-order valence-electron chi connectivity index (χ4n) is 3.35. The van der Waals surface area contributed by atoms with Crippen LogP contribution in [0.3, 0.4) is 0 Å². The van der Waals surface area contributed by atoms with Crippen molar-refractivity contribution >= 4 is 17.8 Å². The Morgan fingerprint density at radius 1 is 0.951 bits per heavy atom. The van der Waals surface area contributed by atoms with E-state index in [1.54, 1.807) is 32.9 Å². The van der Waals surface area contributed by atoms with E-state index in [-0.39, 0.29) is 36.5 Å². The van der Waals surface area contributed by atoms with Crippen molar-refractivity contribution in [1.82, 2.24) is 10.3 Å². The minimum Gasteiger partial charge on any atom is -0.493 e. The molecule has 0 bridgehead atoms. The maximum absolute atomic E-state index is 12.8. The summed E-state index contributed by atoms with van der Waals surface area (Å²) in [4.78, 5) is 41.0. The molecule has 0 fully saturated rings. The predicted octanol–water partition coefficient (Wildman–Crippen LogP) is 5.30. The van der Waals surface area contributed by atoms with E-state index < -0.39 is 30.7 Å². The van der Waals surface area contributed by atoms with Crippen LogP contribution in [0.15, 0.2) is 66.9 Å². The third kappa shape index (κ3) is 11.3. The van der Waals surface area contributed by atoms with Crippen molar-refractivity contribution in [3.05, 3.63) is 89.5 Å². The number of ether oxygens (including phenoxy) is 4. The van der Waals surface area contributed by atoms with Crippen LogP contribution < -0.4 is 14.8 Å². The van der Waals surface area contributed by atoms with E-state index >= 15 is 0 Å². The number of aryl methyl sites for hydroxylation is 1. The van der Waals surface area contributed by atoms with Crippen LogP contribution in [0.5, 0.6) is 11.5 Å². The summed E-state index contributed by atoms with van der Waals surface area (Å²) in [6.45, 7) is 8.18. The third-order valence-corrected chi connectivity index (χ3v) is 5.57. The highest BCUT2D eigenvalue weighted by Crippen LogP contribution is 2.29. The molecule has 1 heterocycles. The number of esters is 2. The number of methoxy groups -OCH3 is 1. The summed E-state index contributed by atoms with van der Waals surface area (Å²) in [5.41, 5.74) is 2.01. The molecule has 1 aromatic heterocycles. The van der Waals surface area contributed by atoms with E-state index in [1.165, 1.54) is 38.4 Å². The molecule has 9 nitrogen and oxygen atoms in total. The molecule has 0 saturated carbocycles. The van der Waals surface area contributed by atoms with Gasteiger partial charge in [0.25, 0.3) is 5.91 Å². The summed E-state index contributed by atoms with van der Waals surface area (Å²) in [5, 5.41) is 2.56. The van der Waals surface area contributed by atoms with Gasteiger partial charge in [-0.25, -0.2) is 14.2 Å². The number of nitrogens with one attached hydrogen (secondary N) is 1. The molecule has 0 spiro atoms. The first-order chi connectivity index (χ1) is 19.5. The number of benzene rings is 2. The van der Waals surface area contributed by atoms with Gasteiger partial charge in [-0.05, 0) is 38.5 Å². The molecule has 2 atom stereocenters. The van der Waals surface area contributed by atoms with Gasteiger partial charge in [0.2, 0.25) is 6.79 Å². The molecule has 1 N–H and O–H groups in total. The van der Waals surface area contributed by atoms with Crippen LogP contribution in [0.4, 0.5) is 4.39 Å². The van der Waals surface area contributed by atoms with Crippen molar-refractivity contribution in [2.75, 3.05) is 13.9 Å². The number of halogens is 1. The van der Waals surface area contributed by atoms with Crippen molar-refractivity contribution in [2.45, 2.75) is 53.2 Å². The van der Waals surface area contributed by atoms with Gasteiger partial charge >= 0.3 is 11.9 Å². The minimum atomic E-state index is -0.935. The fourth-order valence-corrected chi connectivity index (χ4v) is 3.35. The topological polar surface area (TPSA) is 113 Å². The number of carbonyl (C=O) groups is 3. The summed E-state index contributed by atoms with van der Waals surface area (Å²) < 4.78 is 33.2. The average Bonchev–Trinajstić information content (AvgIpc) is 2.95. The zero-order valence-electron chi connectivity index (χ0n) is 24.2. The smallest absolute Gasteiger partial charge is 0.328 e. The van der Waals surface area contributed by atoms with Crippen molar-refractivity contribution < 1.29 is 39.1 Å². The molecule has 3 aromatic rings. The fraction of sp³-hybridized carbons (Fsp3) is 0.355. The van der Waals surface area contributed by atoms with Crippen LogP contribution in [-0.2, 0) is 25.5 Å². The van der Waals surface area contributed by atoms with Crippen molar-refractivity contribution in [3.8, 4) is 11.5 Å². The summed E-state index contributed by atoms with van der Waals surface area (Å²) in [6.07, 6.45) is 1.55. The number of carbonyl (C=O) groups excluding carboxylic acids is 3. The van der Waals surface area contributed by atoms with Gasteiger partial charge in [0.15, 0.2) is 17.2 Å². The van der Waals surface area contributed by atoms with Crippen LogP contribution >= 0.6 is 0 Å². The Bertz CT molecular complexity index is 1250. The van der Waals surface area contributed by atoms with Gasteiger partial charge in [-0.3, -0.25) is 9.59 Å². The number of rotatable bonds is 11. The second-order valence-corrected chi connectivity index (χ2v) is 9.50. The van der Waals surface area contributed by atoms with Crippen LogP contribution in [0.2, 0.25) is 0 Å². The number of aromatic nitrogens is 1. The Morgan fingerprint density at radius 3 is 2.20 bits per heavy atom. The van der Waals surface area contributed by atoms with Gasteiger partial charge in [0.1, 0.15) is 18.0 Å². The maximum atomic E-state index is 12.8. The van der Waals surface area contributed by atoms with E-state index in [4.69, 9.17) is 18.9 Å². The van der Waals surface area contributed by atoms with Gasteiger partial charge in [-0.1, -0.05) is 61.9 Å². The van der Waals surface area contributed by atoms with Gasteiger partial charge in [0.05, 0.1) is 13.0 Å². The predicted molar refractivity (Wildman–Crippen MR) is 153 cm³/mol. The molecule has 2 aromatic carbocycles. The highest BCUT2D eigenvalue weighted by Gasteiger charge is 2.25. The molecule has 0 radical (unpaired) electrons. The Morgan fingerprint density at radius 2 is 1.61 bits per heavy atom. The van der Waals surface area contributed by atoms with E-state index in [1.807, 2.05) is 37.3 Å². The Hall–Kier alpha value is -4.47. The zero-order chi connectivity index (χ0) is 30.4. The molecule has 41 heavy (non-hydrogen) atoms. The summed E-state index contributed by atoms with van der Waals surface area (Å²) in [7, 11) is 1.40. The first-order valence-corrected chi connectivity index (χ1v) is 13.1. The van der Waals surface area contributed by atoms with Gasteiger partial charge in [0, 0.05) is 20.1 Å². The Kier molecular flexibility index (Phi) is 13.2. The largest absolute Gasteiger partial charge is 0.493 e. The lowest BCUT2D eigenvalue weighted by molar-refractivity contribution is -0.154. The van der Waals surface area contributed by atoms with Crippen LogP contribution in [0.1, 0.15) is 50.7 Å². The molecule has 10 heteroatoms. The summed E-state index contributed by atoms with van der Waals surface area (Å²) in [6, 6.07) is 16.6. The number of hydrogen-bond donors (Lipinski definition) is 1. The maximum Gasteiger partial charge on any atom is 0.328 e. The van der Waals surface area contributed by atoms with Crippen LogP contribution in [0, 0.1) is 18.7 Å². The van der Waals surface area contributed by atoms with Gasteiger partial charge in [-0.2, -0.15) is 0 Å². The Balaban J connectivity index is 0.000000843. The van der Waals surface area contributed by atoms with Crippen molar-refractivity contribution in [3.63, 3.8) is 0 Å². The highest BCUT2D eigenvalue weighted by molar-refractivity contribution is 5.98. The molecule has 1 amide bonds. The van der Waals surface area contributed by atoms with Gasteiger partial charge in [-0.15, -0.1) is 0 Å². The highest BCUT2D eigenvalue weighted by atomic mass is 19.1. The number of nitrogens with zero attached hydrogens (tertiary/aromatic N) is 1. The molecular weight excluding hydrogens is 531 g/mol. The second-order valence-electron chi connectivity index (χ2n) is 9.50. The number of pyridine rings is 1. The van der Waals surface area contributed by atoms with E-state index in [2.05, 4.69) is 10.3 Å². The molecule has 0 unspecified atom stereocenters. The Labute approximate surface area is 241 Å². The molecule has 0 saturated heterocycles. The summed E-state index contributed by atoms with van der Waals surface area (Å²) >= 11 is 0. The minimum absolute atomic E-state index is 0.